The van der Waals surface area contributed by atoms with Gasteiger partial charge < -0.3 is 4.98 Å². The average molecular weight is 279 g/mol. The number of nitrogens with zero attached hydrogens (tertiary/aromatic N) is 1. The van der Waals surface area contributed by atoms with Gasteiger partial charge in [0.2, 0.25) is 0 Å². The van der Waals surface area contributed by atoms with Gasteiger partial charge in [-0.05, 0) is 28.8 Å². The molecule has 1 heterocycles. The van der Waals surface area contributed by atoms with Crippen LogP contribution in [0.1, 0.15) is 31.0 Å². The van der Waals surface area contributed by atoms with E-state index < -0.39 is 0 Å². The molecule has 1 N–H and O–H groups in total. The molecule has 84 valence electrons. The van der Waals surface area contributed by atoms with Crippen LogP contribution in [0.5, 0.6) is 0 Å². The highest BCUT2D eigenvalue weighted by molar-refractivity contribution is 9.10. The lowest BCUT2D eigenvalue weighted by Crippen LogP contribution is -1.91. The summed E-state index contributed by atoms with van der Waals surface area (Å²) in [6.45, 7) is 6.42. The number of hydrogen-bond acceptors (Lipinski definition) is 1. The maximum Gasteiger partial charge on any atom is 0.175 e. The molecule has 0 amide bonds. The average Bonchev–Trinajstić information content (AvgIpc) is 2.61. The van der Waals surface area contributed by atoms with Crippen LogP contribution >= 0.6 is 15.9 Å². The summed E-state index contributed by atoms with van der Waals surface area (Å²) in [5.74, 6) is 0.440. The predicted octanol–water partition coefficient (Wildman–Crippen LogP) is 4.27. The van der Waals surface area contributed by atoms with Gasteiger partial charge in [-0.1, -0.05) is 43.7 Å². The molecule has 16 heavy (non-hydrogen) atoms. The van der Waals surface area contributed by atoms with Gasteiger partial charge in [0.25, 0.3) is 0 Å². The Labute approximate surface area is 104 Å². The molecule has 2 nitrogen and oxygen atoms in total. The molecule has 1 aromatic carbocycles. The van der Waals surface area contributed by atoms with Crippen LogP contribution in [0.4, 0.5) is 0 Å². The van der Waals surface area contributed by atoms with Crippen LogP contribution in [-0.2, 0) is 0 Å². The number of halogens is 1. The molecule has 3 heteroatoms. The van der Waals surface area contributed by atoms with Crippen LogP contribution in [0.3, 0.4) is 0 Å². The van der Waals surface area contributed by atoms with Crippen LogP contribution in [0.25, 0.3) is 11.3 Å². The van der Waals surface area contributed by atoms with Crippen molar-refractivity contribution in [2.45, 2.75) is 26.7 Å². The lowest BCUT2D eigenvalue weighted by molar-refractivity contribution is 0.832. The Morgan fingerprint density at radius 2 is 1.81 bits per heavy atom. The zero-order chi connectivity index (χ0) is 11.7. The van der Waals surface area contributed by atoms with Gasteiger partial charge in [-0.15, -0.1) is 0 Å². The zero-order valence-corrected chi connectivity index (χ0v) is 11.3. The molecule has 1 aromatic heterocycles. The summed E-state index contributed by atoms with van der Waals surface area (Å²) in [5, 5.41) is 0. The quantitative estimate of drug-likeness (QED) is 0.873. The first-order valence-electron chi connectivity index (χ1n) is 5.40. The first-order valence-corrected chi connectivity index (χ1v) is 6.19. The van der Waals surface area contributed by atoms with Crippen molar-refractivity contribution in [1.29, 1.82) is 0 Å². The molecule has 0 aliphatic rings. The Bertz CT molecular complexity index is 483. The van der Waals surface area contributed by atoms with Crippen LogP contribution in [-0.4, -0.2) is 9.97 Å². The normalized spacial score (nSPS) is 11.1. The molecule has 0 radical (unpaired) electrons. The summed E-state index contributed by atoms with van der Waals surface area (Å²) < 4.78 is 0.798. The Hall–Kier alpha value is -1.09. The molecular formula is C13H15BrN2. The lowest BCUT2D eigenvalue weighted by atomic mass is 10.0. The molecule has 0 unspecified atom stereocenters. The fourth-order valence-electron chi connectivity index (χ4n) is 1.71. The standard InChI is InChI=1S/C13H15BrN2/c1-8(2)11-12(16-13(14)15-11)10-6-4-9(3)5-7-10/h4-8H,1-3H3,(H,15,16). The molecule has 0 atom stereocenters. The molecule has 0 bridgehead atoms. The number of benzene rings is 1. The predicted molar refractivity (Wildman–Crippen MR) is 70.5 cm³/mol. The topological polar surface area (TPSA) is 28.7 Å². The fraction of sp³-hybridized carbons (Fsp3) is 0.308. The van der Waals surface area contributed by atoms with Gasteiger partial charge >= 0.3 is 0 Å². The minimum absolute atomic E-state index is 0.440. The maximum absolute atomic E-state index is 4.49. The van der Waals surface area contributed by atoms with E-state index in [1.54, 1.807) is 0 Å². The van der Waals surface area contributed by atoms with Gasteiger partial charge in [-0.25, -0.2) is 4.98 Å². The second-order valence-electron chi connectivity index (χ2n) is 4.31. The lowest BCUT2D eigenvalue weighted by Gasteiger charge is -2.05. The van der Waals surface area contributed by atoms with Gasteiger partial charge in [0.1, 0.15) is 0 Å². The Morgan fingerprint density at radius 1 is 1.19 bits per heavy atom. The molecule has 0 aliphatic carbocycles. The number of imidazole rings is 1. The molecule has 0 spiro atoms. The van der Waals surface area contributed by atoms with Crippen LogP contribution in [0, 0.1) is 6.92 Å². The Kier molecular flexibility index (Phi) is 3.15. The van der Waals surface area contributed by atoms with E-state index >= 15 is 0 Å². The smallest absolute Gasteiger partial charge is 0.175 e. The molecule has 0 fully saturated rings. The highest BCUT2D eigenvalue weighted by Gasteiger charge is 2.13. The fourth-order valence-corrected chi connectivity index (χ4v) is 2.10. The second-order valence-corrected chi connectivity index (χ2v) is 5.06. The summed E-state index contributed by atoms with van der Waals surface area (Å²) >= 11 is 3.40. The highest BCUT2D eigenvalue weighted by Crippen LogP contribution is 2.28. The van der Waals surface area contributed by atoms with Crippen molar-refractivity contribution in [3.8, 4) is 11.3 Å². The van der Waals surface area contributed by atoms with Crippen LogP contribution in [0.15, 0.2) is 29.0 Å². The van der Waals surface area contributed by atoms with E-state index in [1.165, 1.54) is 11.3 Å². The second kappa shape index (κ2) is 4.42. The number of aromatic nitrogens is 2. The van der Waals surface area contributed by atoms with Gasteiger partial charge in [-0.3, -0.25) is 0 Å². The van der Waals surface area contributed by atoms with Crippen molar-refractivity contribution >= 4 is 15.9 Å². The van der Waals surface area contributed by atoms with Crippen molar-refractivity contribution in [1.82, 2.24) is 9.97 Å². The molecule has 2 rings (SSSR count). The van der Waals surface area contributed by atoms with Crippen LogP contribution < -0.4 is 0 Å². The van der Waals surface area contributed by atoms with Gasteiger partial charge in [-0.2, -0.15) is 0 Å². The Balaban J connectivity index is 2.50. The number of aromatic amines is 1. The first kappa shape index (κ1) is 11.4. The Morgan fingerprint density at radius 3 is 2.38 bits per heavy atom. The SMILES string of the molecule is Cc1ccc(-c2nc(Br)[nH]c2C(C)C)cc1. The molecule has 2 aromatic rings. The van der Waals surface area contributed by atoms with E-state index in [0.29, 0.717) is 5.92 Å². The minimum Gasteiger partial charge on any atom is -0.336 e. The number of rotatable bonds is 2. The number of aryl methyl sites for hydroxylation is 1. The van der Waals surface area contributed by atoms with Crippen molar-refractivity contribution in [3.05, 3.63) is 40.3 Å². The van der Waals surface area contributed by atoms with E-state index in [9.17, 15) is 0 Å². The van der Waals surface area contributed by atoms with Crippen molar-refractivity contribution < 1.29 is 0 Å². The molecule has 0 saturated heterocycles. The zero-order valence-electron chi connectivity index (χ0n) is 9.71. The van der Waals surface area contributed by atoms with E-state index in [0.717, 1.165) is 16.0 Å². The minimum atomic E-state index is 0.440. The monoisotopic (exact) mass is 278 g/mol. The summed E-state index contributed by atoms with van der Waals surface area (Å²) in [7, 11) is 0. The van der Waals surface area contributed by atoms with E-state index in [-0.39, 0.29) is 0 Å². The highest BCUT2D eigenvalue weighted by atomic mass is 79.9. The number of hydrogen-bond donors (Lipinski definition) is 1. The largest absolute Gasteiger partial charge is 0.336 e. The van der Waals surface area contributed by atoms with E-state index in [4.69, 9.17) is 0 Å². The molecule has 0 saturated carbocycles. The van der Waals surface area contributed by atoms with Crippen molar-refractivity contribution in [3.63, 3.8) is 0 Å². The van der Waals surface area contributed by atoms with Crippen molar-refractivity contribution in [2.75, 3.05) is 0 Å². The number of nitrogens with one attached hydrogen (secondary N) is 1. The summed E-state index contributed by atoms with van der Waals surface area (Å²) in [6, 6.07) is 8.46. The third-order valence-corrected chi connectivity index (χ3v) is 2.98. The first-order chi connectivity index (χ1) is 7.58. The van der Waals surface area contributed by atoms with Crippen LogP contribution in [0.2, 0.25) is 0 Å². The molecular weight excluding hydrogens is 264 g/mol. The van der Waals surface area contributed by atoms with Gasteiger partial charge in [0, 0.05) is 11.3 Å². The van der Waals surface area contributed by atoms with Gasteiger partial charge in [0.15, 0.2) is 4.73 Å². The molecule has 0 aliphatic heterocycles. The third-order valence-electron chi connectivity index (χ3n) is 2.61. The summed E-state index contributed by atoms with van der Waals surface area (Å²) in [5.41, 5.74) is 4.65. The summed E-state index contributed by atoms with van der Waals surface area (Å²) in [6.07, 6.45) is 0. The van der Waals surface area contributed by atoms with E-state index in [1.807, 2.05) is 0 Å². The van der Waals surface area contributed by atoms with E-state index in [2.05, 4.69) is 70.9 Å². The third kappa shape index (κ3) is 2.19. The number of H-pyrrole nitrogens is 1. The summed E-state index contributed by atoms with van der Waals surface area (Å²) in [4.78, 5) is 7.76. The maximum atomic E-state index is 4.49. The van der Waals surface area contributed by atoms with Crippen molar-refractivity contribution in [2.24, 2.45) is 0 Å². The van der Waals surface area contributed by atoms with Gasteiger partial charge in [0.05, 0.1) is 5.69 Å².